The van der Waals surface area contributed by atoms with Gasteiger partial charge in [0.15, 0.2) is 0 Å². The number of rotatable bonds is 6. The number of piperidine rings is 1. The average molecular weight is 375 g/mol. The van der Waals surface area contributed by atoms with E-state index in [0.29, 0.717) is 19.7 Å². The molecule has 1 aromatic rings. The number of carbonyl (C=O) groups is 2. The Hall–Kier alpha value is -1.88. The molecular formula is C22H34N2O3. The van der Waals surface area contributed by atoms with Crippen LogP contribution in [0.15, 0.2) is 24.3 Å². The standard InChI is InChI=1S/C22H34N2O3/c1-16(2)27-15-18-10-8-17(9-11-18)13-23-20(25)19-7-6-12-24(14-19)21(26)22(3,4)5/h8-11,16,19H,6-7,12-15H2,1-5H3,(H,23,25). The van der Waals surface area contributed by atoms with Crippen LogP contribution < -0.4 is 5.32 Å². The fourth-order valence-electron chi connectivity index (χ4n) is 3.20. The van der Waals surface area contributed by atoms with Gasteiger partial charge in [-0.3, -0.25) is 9.59 Å². The molecule has 1 heterocycles. The summed E-state index contributed by atoms with van der Waals surface area (Å²) in [5.41, 5.74) is 1.79. The lowest BCUT2D eigenvalue weighted by molar-refractivity contribution is -0.142. The van der Waals surface area contributed by atoms with Gasteiger partial charge < -0.3 is 15.0 Å². The van der Waals surface area contributed by atoms with Crippen molar-refractivity contribution in [2.75, 3.05) is 13.1 Å². The number of hydrogen-bond acceptors (Lipinski definition) is 3. The molecule has 5 heteroatoms. The fraction of sp³-hybridized carbons (Fsp3) is 0.636. The lowest BCUT2D eigenvalue weighted by Crippen LogP contribution is -2.48. The predicted octanol–water partition coefficient (Wildman–Crippen LogP) is 3.51. The molecular weight excluding hydrogens is 340 g/mol. The summed E-state index contributed by atoms with van der Waals surface area (Å²) in [6.45, 7) is 12.2. The van der Waals surface area contributed by atoms with Crippen LogP contribution in [0.3, 0.4) is 0 Å². The number of nitrogens with one attached hydrogen (secondary N) is 1. The quantitative estimate of drug-likeness (QED) is 0.829. The number of carbonyl (C=O) groups excluding carboxylic acids is 2. The van der Waals surface area contributed by atoms with Gasteiger partial charge in [0.05, 0.1) is 18.6 Å². The van der Waals surface area contributed by atoms with Crippen LogP contribution in [-0.2, 0) is 27.5 Å². The van der Waals surface area contributed by atoms with Crippen molar-refractivity contribution in [1.29, 1.82) is 0 Å². The van der Waals surface area contributed by atoms with Crippen LogP contribution in [0.25, 0.3) is 0 Å². The maximum Gasteiger partial charge on any atom is 0.227 e. The molecule has 0 spiro atoms. The highest BCUT2D eigenvalue weighted by Gasteiger charge is 2.33. The van der Waals surface area contributed by atoms with Crippen LogP contribution in [0.4, 0.5) is 0 Å². The van der Waals surface area contributed by atoms with Gasteiger partial charge in [0.25, 0.3) is 0 Å². The predicted molar refractivity (Wildman–Crippen MR) is 107 cm³/mol. The maximum atomic E-state index is 12.6. The van der Waals surface area contributed by atoms with E-state index in [2.05, 4.69) is 5.32 Å². The van der Waals surface area contributed by atoms with Gasteiger partial charge in [-0.05, 0) is 37.8 Å². The van der Waals surface area contributed by atoms with Crippen LogP contribution in [0.1, 0.15) is 58.6 Å². The molecule has 150 valence electrons. The highest BCUT2D eigenvalue weighted by molar-refractivity contribution is 5.83. The van der Waals surface area contributed by atoms with Crippen LogP contribution in [0.5, 0.6) is 0 Å². The summed E-state index contributed by atoms with van der Waals surface area (Å²) in [5, 5.41) is 3.03. The highest BCUT2D eigenvalue weighted by atomic mass is 16.5. The minimum absolute atomic E-state index is 0.0358. The maximum absolute atomic E-state index is 12.6. The normalized spacial score (nSPS) is 17.9. The van der Waals surface area contributed by atoms with Crippen molar-refractivity contribution in [3.63, 3.8) is 0 Å². The van der Waals surface area contributed by atoms with E-state index in [1.807, 2.05) is 63.8 Å². The number of likely N-dealkylation sites (tertiary alicyclic amines) is 1. The molecule has 1 aromatic carbocycles. The summed E-state index contributed by atoms with van der Waals surface area (Å²) in [6.07, 6.45) is 1.93. The molecule has 1 N–H and O–H groups in total. The van der Waals surface area contributed by atoms with Gasteiger partial charge in [0.1, 0.15) is 0 Å². The molecule has 0 bridgehead atoms. The smallest absolute Gasteiger partial charge is 0.227 e. The molecule has 0 saturated carbocycles. The second kappa shape index (κ2) is 9.36. The number of hydrogen-bond donors (Lipinski definition) is 1. The average Bonchev–Trinajstić information content (AvgIpc) is 2.64. The summed E-state index contributed by atoms with van der Waals surface area (Å²) in [5.74, 6) is 0.0385. The minimum atomic E-state index is -0.403. The van der Waals surface area contributed by atoms with Crippen molar-refractivity contribution >= 4 is 11.8 Å². The van der Waals surface area contributed by atoms with Gasteiger partial charge >= 0.3 is 0 Å². The van der Waals surface area contributed by atoms with Crippen LogP contribution in [-0.4, -0.2) is 35.9 Å². The summed E-state index contributed by atoms with van der Waals surface area (Å²) in [6, 6.07) is 8.12. The monoisotopic (exact) mass is 374 g/mol. The van der Waals surface area contributed by atoms with Gasteiger partial charge in [0, 0.05) is 25.0 Å². The van der Waals surface area contributed by atoms with E-state index >= 15 is 0 Å². The first-order chi connectivity index (χ1) is 12.7. The van der Waals surface area contributed by atoms with Gasteiger partial charge in [-0.1, -0.05) is 45.0 Å². The first kappa shape index (κ1) is 21.4. The molecule has 1 fully saturated rings. The SMILES string of the molecule is CC(C)OCc1ccc(CNC(=O)C2CCCN(C(=O)C(C)(C)C)C2)cc1. The van der Waals surface area contributed by atoms with E-state index < -0.39 is 5.41 Å². The molecule has 1 aliphatic rings. The van der Waals surface area contributed by atoms with E-state index in [1.165, 1.54) is 0 Å². The Balaban J connectivity index is 1.83. The Morgan fingerprint density at radius 3 is 2.41 bits per heavy atom. The zero-order valence-electron chi connectivity index (χ0n) is 17.4. The summed E-state index contributed by atoms with van der Waals surface area (Å²) < 4.78 is 5.60. The van der Waals surface area contributed by atoms with Gasteiger partial charge in [-0.25, -0.2) is 0 Å². The number of ether oxygens (including phenoxy) is 1. The second-order valence-electron chi connectivity index (χ2n) is 8.73. The number of nitrogens with zero attached hydrogens (tertiary/aromatic N) is 1. The van der Waals surface area contributed by atoms with Crippen LogP contribution >= 0.6 is 0 Å². The molecule has 1 unspecified atom stereocenters. The minimum Gasteiger partial charge on any atom is -0.374 e. The van der Waals surface area contributed by atoms with Crippen LogP contribution in [0.2, 0.25) is 0 Å². The molecule has 0 radical (unpaired) electrons. The van der Waals surface area contributed by atoms with Gasteiger partial charge in [-0.2, -0.15) is 0 Å². The molecule has 27 heavy (non-hydrogen) atoms. The van der Waals surface area contributed by atoms with E-state index in [4.69, 9.17) is 4.74 Å². The third kappa shape index (κ3) is 6.65. The first-order valence-electron chi connectivity index (χ1n) is 9.93. The highest BCUT2D eigenvalue weighted by Crippen LogP contribution is 2.23. The van der Waals surface area contributed by atoms with Gasteiger partial charge in [0.2, 0.25) is 11.8 Å². The fourth-order valence-corrected chi connectivity index (χ4v) is 3.20. The molecule has 2 amide bonds. The molecule has 1 atom stereocenters. The molecule has 2 rings (SSSR count). The van der Waals surface area contributed by atoms with Gasteiger partial charge in [-0.15, -0.1) is 0 Å². The number of amides is 2. The number of benzene rings is 1. The van der Waals surface area contributed by atoms with E-state index in [0.717, 1.165) is 30.5 Å². The first-order valence-corrected chi connectivity index (χ1v) is 9.93. The lowest BCUT2D eigenvalue weighted by atomic mass is 9.91. The summed E-state index contributed by atoms with van der Waals surface area (Å²) >= 11 is 0. The molecule has 0 aromatic heterocycles. The Morgan fingerprint density at radius 2 is 1.81 bits per heavy atom. The third-order valence-corrected chi connectivity index (χ3v) is 4.79. The van der Waals surface area contributed by atoms with Crippen molar-refractivity contribution in [2.24, 2.45) is 11.3 Å². The van der Waals surface area contributed by atoms with Crippen molar-refractivity contribution in [2.45, 2.75) is 66.7 Å². The zero-order valence-corrected chi connectivity index (χ0v) is 17.4. The molecule has 1 saturated heterocycles. The second-order valence-corrected chi connectivity index (χ2v) is 8.73. The Kier molecular flexibility index (Phi) is 7.42. The summed E-state index contributed by atoms with van der Waals surface area (Å²) in [4.78, 5) is 26.9. The lowest BCUT2D eigenvalue weighted by Gasteiger charge is -2.35. The third-order valence-electron chi connectivity index (χ3n) is 4.79. The largest absolute Gasteiger partial charge is 0.374 e. The van der Waals surface area contributed by atoms with Crippen molar-refractivity contribution < 1.29 is 14.3 Å². The summed E-state index contributed by atoms with van der Waals surface area (Å²) in [7, 11) is 0. The molecule has 5 nitrogen and oxygen atoms in total. The molecule has 0 aliphatic carbocycles. The van der Waals surface area contributed by atoms with E-state index in [-0.39, 0.29) is 23.8 Å². The molecule has 1 aliphatic heterocycles. The van der Waals surface area contributed by atoms with E-state index in [1.54, 1.807) is 0 Å². The van der Waals surface area contributed by atoms with Crippen molar-refractivity contribution in [1.82, 2.24) is 10.2 Å². The van der Waals surface area contributed by atoms with Crippen LogP contribution in [0, 0.1) is 11.3 Å². The topological polar surface area (TPSA) is 58.6 Å². The Morgan fingerprint density at radius 1 is 1.19 bits per heavy atom. The van der Waals surface area contributed by atoms with E-state index in [9.17, 15) is 9.59 Å². The Bertz CT molecular complexity index is 632. The van der Waals surface area contributed by atoms with Crippen molar-refractivity contribution in [3.8, 4) is 0 Å². The van der Waals surface area contributed by atoms with Crippen molar-refractivity contribution in [3.05, 3.63) is 35.4 Å². The Labute approximate surface area is 163 Å². The zero-order chi connectivity index (χ0) is 20.0.